The van der Waals surface area contributed by atoms with Crippen molar-refractivity contribution in [2.45, 2.75) is 43.5 Å². The Morgan fingerprint density at radius 1 is 1.07 bits per heavy atom. The number of hydrogen-bond donors (Lipinski definition) is 0. The molecule has 0 spiro atoms. The number of carbonyl (C=O) groups excluding carboxylic acids is 1. The molecule has 7 heteroatoms. The molecule has 2 aromatic carbocycles. The summed E-state index contributed by atoms with van der Waals surface area (Å²) < 4.78 is 40.6. The highest BCUT2D eigenvalue weighted by Gasteiger charge is 2.31. The van der Waals surface area contributed by atoms with Crippen LogP contribution in [0.4, 0.5) is 0 Å². The number of hydrogen-bond acceptors (Lipinski definition) is 6. The van der Waals surface area contributed by atoms with Gasteiger partial charge in [-0.15, -0.1) is 0 Å². The number of ether oxygens (including phenoxy) is 2. The Labute approximate surface area is 159 Å². The van der Waals surface area contributed by atoms with Gasteiger partial charge in [-0.05, 0) is 37.5 Å². The molecule has 0 radical (unpaired) electrons. The monoisotopic (exact) mass is 390 g/mol. The van der Waals surface area contributed by atoms with Gasteiger partial charge in [-0.2, -0.15) is 8.42 Å². The molecule has 1 fully saturated rings. The topological polar surface area (TPSA) is 78.9 Å². The largest absolute Gasteiger partial charge is 0.459 e. The zero-order valence-corrected chi connectivity index (χ0v) is 15.9. The molecule has 2 aromatic rings. The number of esters is 1. The van der Waals surface area contributed by atoms with Crippen LogP contribution in [0.2, 0.25) is 0 Å². The third kappa shape index (κ3) is 5.38. The zero-order chi connectivity index (χ0) is 19.3. The second-order valence-electron chi connectivity index (χ2n) is 6.48. The predicted molar refractivity (Wildman–Crippen MR) is 98.4 cm³/mol. The second kappa shape index (κ2) is 8.65. The van der Waals surface area contributed by atoms with Crippen molar-refractivity contribution in [3.8, 4) is 0 Å². The summed E-state index contributed by atoms with van der Waals surface area (Å²) in [6.45, 7) is 2.08. The van der Waals surface area contributed by atoms with Crippen LogP contribution in [-0.2, 0) is 35.2 Å². The molecular weight excluding hydrogens is 368 g/mol. The zero-order valence-electron chi connectivity index (χ0n) is 15.0. The molecule has 0 amide bonds. The van der Waals surface area contributed by atoms with Crippen molar-refractivity contribution in [3.63, 3.8) is 0 Å². The lowest BCUT2D eigenvalue weighted by atomic mass is 10.1. The summed E-state index contributed by atoms with van der Waals surface area (Å²) in [5.74, 6) is -0.446. The number of benzene rings is 2. The first-order valence-electron chi connectivity index (χ1n) is 8.76. The van der Waals surface area contributed by atoms with E-state index in [-0.39, 0.29) is 18.1 Å². The van der Waals surface area contributed by atoms with Crippen LogP contribution in [-0.4, -0.2) is 33.2 Å². The van der Waals surface area contributed by atoms with E-state index in [0.717, 1.165) is 11.1 Å². The second-order valence-corrected chi connectivity index (χ2v) is 8.05. The summed E-state index contributed by atoms with van der Waals surface area (Å²) in [7, 11) is -3.86. The Bertz CT molecular complexity index is 853. The van der Waals surface area contributed by atoms with Gasteiger partial charge in [-0.25, -0.2) is 4.79 Å². The minimum absolute atomic E-state index is 0.0240. The number of carbonyl (C=O) groups is 1. The highest BCUT2D eigenvalue weighted by atomic mass is 32.2. The van der Waals surface area contributed by atoms with Crippen LogP contribution in [0.5, 0.6) is 0 Å². The first-order valence-corrected chi connectivity index (χ1v) is 10.2. The SMILES string of the molecule is Cc1ccc(S(=O)(=O)OC2CC[C@H](C(=O)OCc3ccccc3)OC2)cc1. The Kier molecular flexibility index (Phi) is 6.26. The van der Waals surface area contributed by atoms with Crippen molar-refractivity contribution in [1.29, 1.82) is 0 Å². The molecule has 1 saturated heterocycles. The normalized spacial score (nSPS) is 20.2. The van der Waals surface area contributed by atoms with Crippen molar-refractivity contribution >= 4 is 16.1 Å². The summed E-state index contributed by atoms with van der Waals surface area (Å²) in [6, 6.07) is 15.8. The van der Waals surface area contributed by atoms with Crippen LogP contribution in [0.25, 0.3) is 0 Å². The van der Waals surface area contributed by atoms with Gasteiger partial charge in [0.2, 0.25) is 0 Å². The van der Waals surface area contributed by atoms with Crippen molar-refractivity contribution in [2.24, 2.45) is 0 Å². The van der Waals surface area contributed by atoms with Crippen LogP contribution in [0.3, 0.4) is 0 Å². The number of rotatable bonds is 6. The molecular formula is C20H22O6S. The van der Waals surface area contributed by atoms with Crippen molar-refractivity contribution in [1.82, 2.24) is 0 Å². The molecule has 1 heterocycles. The minimum atomic E-state index is -3.86. The molecule has 0 aromatic heterocycles. The van der Waals surface area contributed by atoms with Crippen LogP contribution in [0.15, 0.2) is 59.5 Å². The molecule has 27 heavy (non-hydrogen) atoms. The van der Waals surface area contributed by atoms with E-state index in [9.17, 15) is 13.2 Å². The third-order valence-corrected chi connectivity index (χ3v) is 5.67. The Morgan fingerprint density at radius 2 is 1.78 bits per heavy atom. The molecule has 6 nitrogen and oxygen atoms in total. The van der Waals surface area contributed by atoms with E-state index in [2.05, 4.69) is 0 Å². The Hall–Kier alpha value is -2.22. The lowest BCUT2D eigenvalue weighted by Gasteiger charge is -2.27. The minimum Gasteiger partial charge on any atom is -0.459 e. The van der Waals surface area contributed by atoms with Gasteiger partial charge in [0.05, 0.1) is 11.5 Å². The number of aryl methyl sites for hydroxylation is 1. The fourth-order valence-electron chi connectivity index (χ4n) is 2.75. The summed E-state index contributed by atoms with van der Waals surface area (Å²) in [4.78, 5) is 12.2. The molecule has 144 valence electrons. The Morgan fingerprint density at radius 3 is 2.41 bits per heavy atom. The molecule has 1 unspecified atom stereocenters. The molecule has 2 atom stereocenters. The molecule has 0 N–H and O–H groups in total. The fourth-order valence-corrected chi connectivity index (χ4v) is 3.84. The summed E-state index contributed by atoms with van der Waals surface area (Å²) in [6.07, 6.45) is -0.567. The maximum absolute atomic E-state index is 12.3. The highest BCUT2D eigenvalue weighted by Crippen LogP contribution is 2.22. The summed E-state index contributed by atoms with van der Waals surface area (Å²) >= 11 is 0. The molecule has 1 aliphatic heterocycles. The summed E-state index contributed by atoms with van der Waals surface area (Å²) in [5.41, 5.74) is 1.86. The van der Waals surface area contributed by atoms with Gasteiger partial charge in [0, 0.05) is 0 Å². The van der Waals surface area contributed by atoms with E-state index in [1.165, 1.54) is 12.1 Å². The predicted octanol–water partition coefficient (Wildman–Crippen LogP) is 2.99. The molecule has 0 bridgehead atoms. The van der Waals surface area contributed by atoms with Crippen molar-refractivity contribution < 1.29 is 26.9 Å². The van der Waals surface area contributed by atoms with Crippen LogP contribution >= 0.6 is 0 Å². The van der Waals surface area contributed by atoms with Crippen LogP contribution in [0.1, 0.15) is 24.0 Å². The standard InChI is InChI=1S/C20H22O6S/c1-15-7-10-18(11-8-15)27(22,23)26-17-9-12-19(24-14-17)20(21)25-13-16-5-3-2-4-6-16/h2-8,10-11,17,19H,9,12-14H2,1H3/t17?,19-/m1/s1. The van der Waals surface area contributed by atoms with Crippen LogP contribution < -0.4 is 0 Å². The van der Waals surface area contributed by atoms with Gasteiger partial charge >= 0.3 is 5.97 Å². The van der Waals surface area contributed by atoms with E-state index in [0.29, 0.717) is 12.8 Å². The smallest absolute Gasteiger partial charge is 0.335 e. The van der Waals surface area contributed by atoms with Gasteiger partial charge < -0.3 is 9.47 Å². The van der Waals surface area contributed by atoms with E-state index in [1.807, 2.05) is 37.3 Å². The van der Waals surface area contributed by atoms with Crippen molar-refractivity contribution in [2.75, 3.05) is 6.61 Å². The molecule has 0 aliphatic carbocycles. The Balaban J connectivity index is 1.48. The average Bonchev–Trinajstić information content (AvgIpc) is 2.67. The maximum atomic E-state index is 12.3. The molecule has 0 saturated carbocycles. The van der Waals surface area contributed by atoms with Gasteiger partial charge in [0.25, 0.3) is 10.1 Å². The van der Waals surface area contributed by atoms with E-state index >= 15 is 0 Å². The lowest BCUT2D eigenvalue weighted by Crippen LogP contribution is -2.37. The fraction of sp³-hybridized carbons (Fsp3) is 0.350. The van der Waals surface area contributed by atoms with Gasteiger partial charge in [0.1, 0.15) is 12.7 Å². The lowest BCUT2D eigenvalue weighted by molar-refractivity contribution is -0.164. The molecule has 3 rings (SSSR count). The maximum Gasteiger partial charge on any atom is 0.335 e. The molecule has 1 aliphatic rings. The first-order chi connectivity index (χ1) is 12.9. The van der Waals surface area contributed by atoms with E-state index < -0.39 is 28.3 Å². The quantitative estimate of drug-likeness (QED) is 0.557. The van der Waals surface area contributed by atoms with Gasteiger partial charge in [-0.3, -0.25) is 4.18 Å². The van der Waals surface area contributed by atoms with Gasteiger partial charge in [-0.1, -0.05) is 48.0 Å². The summed E-state index contributed by atoms with van der Waals surface area (Å²) in [5, 5.41) is 0. The van der Waals surface area contributed by atoms with Gasteiger partial charge in [0.15, 0.2) is 6.10 Å². The highest BCUT2D eigenvalue weighted by molar-refractivity contribution is 7.86. The van der Waals surface area contributed by atoms with E-state index in [1.54, 1.807) is 12.1 Å². The van der Waals surface area contributed by atoms with E-state index in [4.69, 9.17) is 13.7 Å². The van der Waals surface area contributed by atoms with Crippen molar-refractivity contribution in [3.05, 3.63) is 65.7 Å². The average molecular weight is 390 g/mol. The third-order valence-electron chi connectivity index (χ3n) is 4.29. The van der Waals surface area contributed by atoms with Crippen LogP contribution in [0, 0.1) is 6.92 Å². The first kappa shape index (κ1) is 19.5.